The molecule has 0 aromatic carbocycles. The summed E-state index contributed by atoms with van der Waals surface area (Å²) in [6.45, 7) is 0. The van der Waals surface area contributed by atoms with Crippen LogP contribution in [0.1, 0.15) is 0 Å². The zero-order valence-corrected chi connectivity index (χ0v) is 7.76. The second-order valence-corrected chi connectivity index (χ2v) is 3.50. The molecule has 13 heavy (non-hydrogen) atoms. The van der Waals surface area contributed by atoms with E-state index in [4.69, 9.17) is 0 Å². The number of hydrogen-bond acceptors (Lipinski definition) is 2. The van der Waals surface area contributed by atoms with Gasteiger partial charge in [0.05, 0.1) is 0 Å². The standard InChI is InChI=1S/2C5H4N.Cu/c2*1-2-4-6-5-3-1;/h2*1-4H;. The molecule has 2 rings (SSSR count). The van der Waals surface area contributed by atoms with Gasteiger partial charge in [0.2, 0.25) is 0 Å². The number of aromatic nitrogens is 2. The quantitative estimate of drug-likeness (QED) is 0.688. The van der Waals surface area contributed by atoms with Crippen LogP contribution in [0.5, 0.6) is 0 Å². The Bertz CT molecular complexity index is 324. The molecule has 0 bridgehead atoms. The molecule has 0 saturated carbocycles. The van der Waals surface area contributed by atoms with Crippen molar-refractivity contribution >= 4 is 9.18 Å². The van der Waals surface area contributed by atoms with Crippen LogP contribution in [-0.2, 0) is 15.0 Å². The van der Waals surface area contributed by atoms with Gasteiger partial charge in [-0.25, -0.2) is 0 Å². The second kappa shape index (κ2) is 4.17. The van der Waals surface area contributed by atoms with Gasteiger partial charge in [-0.15, -0.1) is 0 Å². The summed E-state index contributed by atoms with van der Waals surface area (Å²) in [6.07, 6.45) is 3.56. The van der Waals surface area contributed by atoms with Crippen LogP contribution in [0.15, 0.2) is 48.8 Å². The van der Waals surface area contributed by atoms with Crippen LogP contribution in [0.25, 0.3) is 0 Å². The normalized spacial score (nSPS) is 10.2. The van der Waals surface area contributed by atoms with E-state index in [9.17, 15) is 0 Å². The van der Waals surface area contributed by atoms with Crippen LogP contribution >= 0.6 is 0 Å². The molecule has 0 N–H and O–H groups in total. The molecule has 0 amide bonds. The summed E-state index contributed by atoms with van der Waals surface area (Å²) in [5.74, 6) is 0. The minimum atomic E-state index is 0.963. The Hall–Kier alpha value is -1.18. The Labute approximate surface area is 83.2 Å². The monoisotopic (exact) mass is 219 g/mol. The molecule has 2 aromatic heterocycles. The fourth-order valence-electron chi connectivity index (χ4n) is 0.826. The molecule has 0 aliphatic heterocycles. The Morgan fingerprint density at radius 3 is 1.69 bits per heavy atom. The molecule has 0 radical (unpaired) electrons. The second-order valence-electron chi connectivity index (χ2n) is 2.30. The van der Waals surface area contributed by atoms with Crippen LogP contribution in [0, 0.1) is 0 Å². The van der Waals surface area contributed by atoms with Gasteiger partial charge in [0, 0.05) is 0 Å². The van der Waals surface area contributed by atoms with E-state index < -0.39 is 0 Å². The number of pyridine rings is 2. The molecule has 2 aromatic rings. The summed E-state index contributed by atoms with van der Waals surface area (Å²) >= 11 is 1.66. The van der Waals surface area contributed by atoms with E-state index in [0.29, 0.717) is 0 Å². The SMILES string of the molecule is c1cc[c]([Cu][c]2ccccn2)nc1. The van der Waals surface area contributed by atoms with Crippen molar-refractivity contribution in [3.05, 3.63) is 48.8 Å². The zero-order valence-electron chi connectivity index (χ0n) is 6.81. The molecule has 0 aliphatic rings. The van der Waals surface area contributed by atoms with E-state index in [2.05, 4.69) is 9.97 Å². The van der Waals surface area contributed by atoms with Crippen LogP contribution in [0.3, 0.4) is 0 Å². The summed E-state index contributed by atoms with van der Waals surface area (Å²) < 4.78 is 1.93. The van der Waals surface area contributed by atoms with Gasteiger partial charge < -0.3 is 0 Å². The Kier molecular flexibility index (Phi) is 2.70. The molecular weight excluding hydrogens is 212 g/mol. The summed E-state index contributed by atoms with van der Waals surface area (Å²) in [5.41, 5.74) is 0. The predicted molar refractivity (Wildman–Crippen MR) is 47.7 cm³/mol. The fourth-order valence-corrected chi connectivity index (χ4v) is 1.67. The Balaban J connectivity index is 2.16. The van der Waals surface area contributed by atoms with E-state index in [-0.39, 0.29) is 0 Å². The van der Waals surface area contributed by atoms with Crippen molar-refractivity contribution in [2.75, 3.05) is 0 Å². The molecule has 0 fully saturated rings. The van der Waals surface area contributed by atoms with Gasteiger partial charge in [0.25, 0.3) is 0 Å². The van der Waals surface area contributed by atoms with E-state index in [1.807, 2.05) is 36.4 Å². The third kappa shape index (κ3) is 2.38. The fraction of sp³-hybridized carbons (Fsp3) is 0. The minimum absolute atomic E-state index is 0.963. The maximum absolute atomic E-state index is 4.19. The first-order valence-electron chi connectivity index (χ1n) is 3.84. The Morgan fingerprint density at radius 1 is 0.769 bits per heavy atom. The van der Waals surface area contributed by atoms with Gasteiger partial charge in [-0.3, -0.25) is 0 Å². The first kappa shape index (κ1) is 8.42. The summed E-state index contributed by atoms with van der Waals surface area (Å²) in [4.78, 5) is 8.38. The maximum atomic E-state index is 4.19. The third-order valence-corrected chi connectivity index (χ3v) is 2.41. The van der Waals surface area contributed by atoms with Crippen LogP contribution in [-0.4, -0.2) is 9.97 Å². The number of rotatable bonds is 2. The average molecular weight is 220 g/mol. The number of nitrogens with zero attached hydrogens (tertiary/aromatic N) is 2. The van der Waals surface area contributed by atoms with E-state index >= 15 is 0 Å². The first-order chi connectivity index (χ1) is 6.45. The van der Waals surface area contributed by atoms with Gasteiger partial charge in [-0.2, -0.15) is 0 Å². The summed E-state index contributed by atoms with van der Waals surface area (Å²) in [6, 6.07) is 11.7. The van der Waals surface area contributed by atoms with Gasteiger partial charge in [-0.05, 0) is 0 Å². The molecule has 3 heteroatoms. The van der Waals surface area contributed by atoms with Crippen molar-refractivity contribution in [1.29, 1.82) is 0 Å². The van der Waals surface area contributed by atoms with Crippen LogP contribution < -0.4 is 9.18 Å². The van der Waals surface area contributed by atoms with Crippen molar-refractivity contribution in [2.24, 2.45) is 0 Å². The molecule has 2 nitrogen and oxygen atoms in total. The van der Waals surface area contributed by atoms with E-state index in [1.54, 1.807) is 27.4 Å². The van der Waals surface area contributed by atoms with Crippen molar-refractivity contribution in [1.82, 2.24) is 9.97 Å². The van der Waals surface area contributed by atoms with Crippen molar-refractivity contribution in [2.45, 2.75) is 0 Å². The zero-order chi connectivity index (χ0) is 8.93. The summed E-state index contributed by atoms with van der Waals surface area (Å²) in [7, 11) is 0. The van der Waals surface area contributed by atoms with E-state index in [0.717, 1.165) is 9.18 Å². The average Bonchev–Trinajstić information content (AvgIpc) is 2.21. The van der Waals surface area contributed by atoms with Gasteiger partial charge >= 0.3 is 82.9 Å². The Morgan fingerprint density at radius 2 is 1.31 bits per heavy atom. The molecule has 0 atom stereocenters. The molecule has 2 heterocycles. The summed E-state index contributed by atoms with van der Waals surface area (Å²) in [5, 5.41) is 0. The molecule has 0 saturated heterocycles. The third-order valence-electron chi connectivity index (χ3n) is 1.37. The van der Waals surface area contributed by atoms with Gasteiger partial charge in [0.1, 0.15) is 0 Å². The van der Waals surface area contributed by atoms with Crippen molar-refractivity contribution in [3.63, 3.8) is 0 Å². The van der Waals surface area contributed by atoms with Gasteiger partial charge in [-0.1, -0.05) is 0 Å². The predicted octanol–water partition coefficient (Wildman–Crippen LogP) is 0.510. The van der Waals surface area contributed by atoms with Gasteiger partial charge in [0.15, 0.2) is 0 Å². The number of hydrogen-bond donors (Lipinski definition) is 0. The first-order valence-corrected chi connectivity index (χ1v) is 4.78. The molecule has 69 valence electrons. The molecule has 0 spiro atoms. The van der Waals surface area contributed by atoms with Crippen molar-refractivity contribution < 1.29 is 15.0 Å². The topological polar surface area (TPSA) is 25.8 Å². The van der Waals surface area contributed by atoms with Crippen LogP contribution in [0.4, 0.5) is 0 Å². The van der Waals surface area contributed by atoms with Crippen LogP contribution in [0.2, 0.25) is 0 Å². The molecular formula is C10H8CuN2. The molecule has 0 unspecified atom stereocenters. The molecule has 0 aliphatic carbocycles. The van der Waals surface area contributed by atoms with E-state index in [1.165, 1.54) is 0 Å². The van der Waals surface area contributed by atoms with Crippen molar-refractivity contribution in [3.8, 4) is 0 Å².